The van der Waals surface area contributed by atoms with Gasteiger partial charge in [-0.15, -0.1) is 11.3 Å². The highest BCUT2D eigenvalue weighted by Crippen LogP contribution is 2.44. The van der Waals surface area contributed by atoms with Crippen molar-refractivity contribution in [2.45, 2.75) is 31.8 Å². The number of hydrogen-bond acceptors (Lipinski definition) is 7. The van der Waals surface area contributed by atoms with E-state index in [0.717, 1.165) is 42.8 Å². The number of piperidine rings is 1. The summed E-state index contributed by atoms with van der Waals surface area (Å²) in [5, 5.41) is 13.2. The molecule has 23 heavy (non-hydrogen) atoms. The number of ether oxygens (including phenoxy) is 1. The molecule has 2 aromatic rings. The van der Waals surface area contributed by atoms with Crippen LogP contribution in [0.5, 0.6) is 0 Å². The number of hydrogen-bond donors (Lipinski definition) is 1. The van der Waals surface area contributed by atoms with E-state index in [1.54, 1.807) is 13.0 Å². The van der Waals surface area contributed by atoms with Crippen LogP contribution in [0.2, 0.25) is 0 Å². The zero-order valence-electron chi connectivity index (χ0n) is 12.7. The number of fused-ring (bicyclic) bond motifs is 2. The third-order valence-electron chi connectivity index (χ3n) is 4.59. The number of aromatic carboxylic acids is 1. The van der Waals surface area contributed by atoms with Gasteiger partial charge in [0.25, 0.3) is 5.95 Å². The summed E-state index contributed by atoms with van der Waals surface area (Å²) >= 11 is 1.38. The molecular weight excluding hydrogens is 318 g/mol. The van der Waals surface area contributed by atoms with Crippen molar-refractivity contribution in [1.29, 1.82) is 0 Å². The Morgan fingerprint density at radius 1 is 1.43 bits per heavy atom. The Morgan fingerprint density at radius 3 is 2.87 bits per heavy atom. The SMILES string of the molecule is Cc1nc(N2CCC3(CC2)OCCc2sc(C(=O)O)cc23)no1. The second-order valence-electron chi connectivity index (χ2n) is 5.95. The Balaban J connectivity index is 1.58. The van der Waals surface area contributed by atoms with Crippen LogP contribution >= 0.6 is 11.3 Å². The molecule has 7 nitrogen and oxygen atoms in total. The molecule has 1 spiro atoms. The zero-order valence-corrected chi connectivity index (χ0v) is 13.6. The minimum Gasteiger partial charge on any atom is -0.477 e. The molecule has 0 amide bonds. The van der Waals surface area contributed by atoms with Gasteiger partial charge in [0.1, 0.15) is 4.88 Å². The van der Waals surface area contributed by atoms with Crippen molar-refractivity contribution in [3.8, 4) is 0 Å². The Hall–Kier alpha value is -1.93. The van der Waals surface area contributed by atoms with E-state index in [0.29, 0.717) is 23.3 Å². The van der Waals surface area contributed by atoms with Crippen LogP contribution in [0, 0.1) is 6.92 Å². The second kappa shape index (κ2) is 5.31. The van der Waals surface area contributed by atoms with Gasteiger partial charge in [-0.3, -0.25) is 0 Å². The van der Waals surface area contributed by atoms with Gasteiger partial charge in [0.05, 0.1) is 12.2 Å². The molecule has 0 unspecified atom stereocenters. The fourth-order valence-corrected chi connectivity index (χ4v) is 4.49. The molecule has 1 fully saturated rings. The van der Waals surface area contributed by atoms with Gasteiger partial charge in [0, 0.05) is 31.3 Å². The predicted molar refractivity (Wildman–Crippen MR) is 83.1 cm³/mol. The molecule has 0 bridgehead atoms. The highest BCUT2D eigenvalue weighted by atomic mass is 32.1. The molecule has 122 valence electrons. The standard InChI is InChI=1S/C15H17N3O4S/c1-9-16-14(17-22-9)18-5-3-15(4-6-18)10-8-12(13(19)20)23-11(10)2-7-21-15/h8H,2-7H2,1H3,(H,19,20). The van der Waals surface area contributed by atoms with Crippen LogP contribution in [0.15, 0.2) is 10.6 Å². The summed E-state index contributed by atoms with van der Waals surface area (Å²) in [7, 11) is 0. The van der Waals surface area contributed by atoms with E-state index < -0.39 is 5.97 Å². The van der Waals surface area contributed by atoms with Gasteiger partial charge >= 0.3 is 5.97 Å². The number of rotatable bonds is 2. The highest BCUT2D eigenvalue weighted by molar-refractivity contribution is 7.14. The van der Waals surface area contributed by atoms with E-state index in [1.807, 2.05) is 0 Å². The molecule has 0 saturated carbocycles. The van der Waals surface area contributed by atoms with Gasteiger partial charge < -0.3 is 19.3 Å². The fourth-order valence-electron chi connectivity index (χ4n) is 3.42. The first-order chi connectivity index (χ1) is 11.1. The van der Waals surface area contributed by atoms with Gasteiger partial charge in [-0.05, 0) is 29.6 Å². The number of aryl methyl sites for hydroxylation is 1. The fraction of sp³-hybridized carbons (Fsp3) is 0.533. The maximum absolute atomic E-state index is 11.3. The maximum Gasteiger partial charge on any atom is 0.345 e. The highest BCUT2D eigenvalue weighted by Gasteiger charge is 2.43. The molecule has 0 aliphatic carbocycles. The lowest BCUT2D eigenvalue weighted by Crippen LogP contribution is -2.46. The third kappa shape index (κ3) is 2.42. The molecule has 8 heteroatoms. The van der Waals surface area contributed by atoms with Crippen molar-refractivity contribution < 1.29 is 19.2 Å². The Labute approximate surface area is 136 Å². The van der Waals surface area contributed by atoms with Crippen LogP contribution in [0.4, 0.5) is 5.95 Å². The number of carboxylic acid groups (broad SMARTS) is 1. The van der Waals surface area contributed by atoms with E-state index >= 15 is 0 Å². The molecule has 2 aliphatic rings. The van der Waals surface area contributed by atoms with Gasteiger partial charge in [-0.1, -0.05) is 0 Å². The van der Waals surface area contributed by atoms with E-state index in [1.165, 1.54) is 11.3 Å². The van der Waals surface area contributed by atoms with Crippen LogP contribution in [0.25, 0.3) is 0 Å². The van der Waals surface area contributed by atoms with Crippen molar-refractivity contribution in [3.63, 3.8) is 0 Å². The molecule has 0 aromatic carbocycles. The Bertz CT molecular complexity index is 746. The minimum atomic E-state index is -0.862. The average Bonchev–Trinajstić information content (AvgIpc) is 3.15. The van der Waals surface area contributed by atoms with Crippen molar-refractivity contribution >= 4 is 23.3 Å². The van der Waals surface area contributed by atoms with E-state index in [9.17, 15) is 9.90 Å². The van der Waals surface area contributed by atoms with Crippen LogP contribution in [-0.4, -0.2) is 40.9 Å². The molecule has 2 aromatic heterocycles. The van der Waals surface area contributed by atoms with Crippen LogP contribution < -0.4 is 4.90 Å². The van der Waals surface area contributed by atoms with Crippen molar-refractivity contribution in [1.82, 2.24) is 10.1 Å². The van der Waals surface area contributed by atoms with E-state index in [-0.39, 0.29) is 5.60 Å². The third-order valence-corrected chi connectivity index (χ3v) is 5.77. The number of aromatic nitrogens is 2. The van der Waals surface area contributed by atoms with Crippen molar-refractivity contribution in [3.05, 3.63) is 27.3 Å². The van der Waals surface area contributed by atoms with Crippen molar-refractivity contribution in [2.24, 2.45) is 0 Å². The first-order valence-corrected chi connectivity index (χ1v) is 8.45. The summed E-state index contributed by atoms with van der Waals surface area (Å²) in [6, 6.07) is 1.80. The van der Waals surface area contributed by atoms with E-state index in [2.05, 4.69) is 15.0 Å². The number of thiophene rings is 1. The molecule has 4 heterocycles. The van der Waals surface area contributed by atoms with Gasteiger partial charge in [-0.25, -0.2) is 4.79 Å². The van der Waals surface area contributed by atoms with Crippen molar-refractivity contribution in [2.75, 3.05) is 24.6 Å². The normalized spacial score (nSPS) is 19.8. The number of carbonyl (C=O) groups is 1. The summed E-state index contributed by atoms with van der Waals surface area (Å²) in [6.07, 6.45) is 2.38. The number of carboxylic acids is 1. The number of anilines is 1. The molecule has 1 saturated heterocycles. The largest absolute Gasteiger partial charge is 0.477 e. The first-order valence-electron chi connectivity index (χ1n) is 7.63. The minimum absolute atomic E-state index is 0.368. The lowest BCUT2D eigenvalue weighted by Gasteiger charge is -2.43. The summed E-state index contributed by atoms with van der Waals surface area (Å²) in [4.78, 5) is 19.2. The van der Waals surface area contributed by atoms with Crippen LogP contribution in [0.1, 0.15) is 38.8 Å². The average molecular weight is 335 g/mol. The first kappa shape index (κ1) is 14.6. The molecule has 4 rings (SSSR count). The van der Waals surface area contributed by atoms with Gasteiger partial charge in [0.2, 0.25) is 5.89 Å². The zero-order chi connectivity index (χ0) is 16.0. The lowest BCUT2D eigenvalue weighted by molar-refractivity contribution is -0.0758. The summed E-state index contributed by atoms with van der Waals surface area (Å²) in [5.74, 6) is 0.310. The molecular formula is C15H17N3O4S. The topological polar surface area (TPSA) is 88.7 Å². The van der Waals surface area contributed by atoms with E-state index in [4.69, 9.17) is 9.26 Å². The molecule has 0 atom stereocenters. The molecule has 2 aliphatic heterocycles. The summed E-state index contributed by atoms with van der Waals surface area (Å²) in [5.41, 5.74) is 0.697. The van der Waals surface area contributed by atoms with Gasteiger partial charge in [0.15, 0.2) is 0 Å². The lowest BCUT2D eigenvalue weighted by atomic mass is 9.82. The quantitative estimate of drug-likeness (QED) is 0.900. The second-order valence-corrected chi connectivity index (χ2v) is 7.08. The summed E-state index contributed by atoms with van der Waals surface area (Å²) < 4.78 is 11.2. The molecule has 1 N–H and O–H groups in total. The monoisotopic (exact) mass is 335 g/mol. The van der Waals surface area contributed by atoms with Crippen LogP contribution in [0.3, 0.4) is 0 Å². The van der Waals surface area contributed by atoms with Crippen LogP contribution in [-0.2, 0) is 16.8 Å². The maximum atomic E-state index is 11.3. The predicted octanol–water partition coefficient (Wildman–Crippen LogP) is 2.21. The Morgan fingerprint density at radius 2 is 2.22 bits per heavy atom. The molecule has 0 radical (unpaired) electrons. The van der Waals surface area contributed by atoms with Gasteiger partial charge in [-0.2, -0.15) is 4.98 Å². The Kier molecular flexibility index (Phi) is 3.38. The smallest absolute Gasteiger partial charge is 0.345 e. The summed E-state index contributed by atoms with van der Waals surface area (Å²) in [6.45, 7) is 3.94. The number of nitrogens with zero attached hydrogens (tertiary/aromatic N) is 3.